The molecule has 4 heteroatoms. The maximum atomic E-state index is 5.11. The molecule has 1 unspecified atom stereocenters. The molecule has 1 aromatic rings. The maximum Gasteiger partial charge on any atom is 0.150 e. The molecular formula is C10H16N2OS. The quantitative estimate of drug-likeness (QED) is 0.766. The Morgan fingerprint density at radius 3 is 3.36 bits per heavy atom. The first kappa shape index (κ1) is 10.1. The first-order valence-corrected chi connectivity index (χ1v) is 6.17. The molecule has 2 rings (SSSR count). The second kappa shape index (κ2) is 4.84. The molecular weight excluding hydrogens is 196 g/mol. The molecule has 1 fully saturated rings. The summed E-state index contributed by atoms with van der Waals surface area (Å²) in [5.41, 5.74) is 0. The second-order valence-corrected chi connectivity index (χ2v) is 5.02. The molecule has 14 heavy (non-hydrogen) atoms. The Kier molecular flexibility index (Phi) is 3.48. The molecule has 1 aliphatic rings. The van der Waals surface area contributed by atoms with Crippen LogP contribution >= 0.6 is 11.8 Å². The summed E-state index contributed by atoms with van der Waals surface area (Å²) >= 11 is 2.09. The normalized spacial score (nSPS) is 23.9. The number of hydrogen-bond donors (Lipinski definition) is 0. The van der Waals surface area contributed by atoms with Crippen molar-refractivity contribution in [3.05, 3.63) is 18.0 Å². The van der Waals surface area contributed by atoms with Gasteiger partial charge >= 0.3 is 0 Å². The summed E-state index contributed by atoms with van der Waals surface area (Å²) in [5.74, 6) is 2.22. The molecule has 1 saturated heterocycles. The molecule has 0 bridgehead atoms. The van der Waals surface area contributed by atoms with E-state index in [4.69, 9.17) is 4.52 Å². The van der Waals surface area contributed by atoms with Gasteiger partial charge in [0.1, 0.15) is 0 Å². The average molecular weight is 212 g/mol. The first-order chi connectivity index (χ1) is 6.88. The van der Waals surface area contributed by atoms with Gasteiger partial charge in [-0.2, -0.15) is 11.8 Å². The zero-order chi connectivity index (χ0) is 9.80. The van der Waals surface area contributed by atoms with Crippen LogP contribution in [0.5, 0.6) is 0 Å². The summed E-state index contributed by atoms with van der Waals surface area (Å²) in [4.78, 5) is 2.45. The van der Waals surface area contributed by atoms with Crippen LogP contribution in [-0.4, -0.2) is 34.1 Å². The van der Waals surface area contributed by atoms with Gasteiger partial charge in [0, 0.05) is 30.2 Å². The summed E-state index contributed by atoms with van der Waals surface area (Å²) in [7, 11) is 0. The number of hydrogen-bond acceptors (Lipinski definition) is 4. The summed E-state index contributed by atoms with van der Waals surface area (Å²) in [5, 5.41) is 4.52. The number of rotatable bonds is 3. The Morgan fingerprint density at radius 1 is 1.71 bits per heavy atom. The number of nitrogens with zero attached hydrogens (tertiary/aromatic N) is 2. The molecule has 3 nitrogen and oxygen atoms in total. The van der Waals surface area contributed by atoms with Crippen LogP contribution < -0.4 is 0 Å². The number of aromatic nitrogens is 1. The van der Waals surface area contributed by atoms with Crippen LogP contribution in [0.3, 0.4) is 0 Å². The monoisotopic (exact) mass is 212 g/mol. The van der Waals surface area contributed by atoms with Crippen LogP contribution in [-0.2, 0) is 6.54 Å². The highest BCUT2D eigenvalue weighted by atomic mass is 32.2. The lowest BCUT2D eigenvalue weighted by Crippen LogP contribution is -2.36. The second-order valence-electron chi connectivity index (χ2n) is 3.61. The molecule has 1 aliphatic heterocycles. The van der Waals surface area contributed by atoms with Crippen LogP contribution in [0.25, 0.3) is 0 Å². The standard InChI is InChI=1S/C10H16N2OS/c1-2-10-8-12(5-6-14-10)7-9-3-4-11-13-9/h3-4,10H,2,5-8H2,1H3. The molecule has 1 atom stereocenters. The van der Waals surface area contributed by atoms with Crippen LogP contribution in [0.4, 0.5) is 0 Å². The Labute approximate surface area is 88.8 Å². The SMILES string of the molecule is CCC1CN(Cc2ccno2)CCS1. The fourth-order valence-electron chi connectivity index (χ4n) is 1.72. The minimum absolute atomic E-state index is 0.798. The Bertz CT molecular complexity index is 263. The van der Waals surface area contributed by atoms with E-state index in [2.05, 4.69) is 28.7 Å². The fourth-order valence-corrected chi connectivity index (χ4v) is 2.96. The zero-order valence-electron chi connectivity index (χ0n) is 8.48. The first-order valence-electron chi connectivity index (χ1n) is 5.12. The molecule has 0 amide bonds. The van der Waals surface area contributed by atoms with E-state index < -0.39 is 0 Å². The molecule has 0 saturated carbocycles. The highest BCUT2D eigenvalue weighted by Crippen LogP contribution is 2.22. The molecule has 0 aliphatic carbocycles. The molecule has 0 radical (unpaired) electrons. The highest BCUT2D eigenvalue weighted by molar-refractivity contribution is 8.00. The fraction of sp³-hybridized carbons (Fsp3) is 0.700. The van der Waals surface area contributed by atoms with Crippen molar-refractivity contribution in [3.63, 3.8) is 0 Å². The van der Waals surface area contributed by atoms with Crippen molar-refractivity contribution in [3.8, 4) is 0 Å². The highest BCUT2D eigenvalue weighted by Gasteiger charge is 2.19. The van der Waals surface area contributed by atoms with Crippen molar-refractivity contribution >= 4 is 11.8 Å². The van der Waals surface area contributed by atoms with E-state index in [-0.39, 0.29) is 0 Å². The van der Waals surface area contributed by atoms with Gasteiger partial charge in [-0.05, 0) is 6.42 Å². The third-order valence-corrected chi connectivity index (χ3v) is 3.92. The van der Waals surface area contributed by atoms with Gasteiger partial charge in [-0.25, -0.2) is 0 Å². The van der Waals surface area contributed by atoms with E-state index >= 15 is 0 Å². The third-order valence-electron chi connectivity index (χ3n) is 2.55. The van der Waals surface area contributed by atoms with Crippen molar-refractivity contribution in [2.75, 3.05) is 18.8 Å². The van der Waals surface area contributed by atoms with Gasteiger partial charge in [0.2, 0.25) is 0 Å². The van der Waals surface area contributed by atoms with Crippen molar-refractivity contribution in [1.29, 1.82) is 0 Å². The van der Waals surface area contributed by atoms with Gasteiger partial charge in [0.25, 0.3) is 0 Å². The Morgan fingerprint density at radius 2 is 2.64 bits per heavy atom. The minimum Gasteiger partial charge on any atom is -0.360 e. The van der Waals surface area contributed by atoms with Gasteiger partial charge in [-0.1, -0.05) is 12.1 Å². The van der Waals surface area contributed by atoms with E-state index in [0.717, 1.165) is 17.6 Å². The van der Waals surface area contributed by atoms with Gasteiger partial charge in [-0.3, -0.25) is 4.90 Å². The lowest BCUT2D eigenvalue weighted by Gasteiger charge is -2.30. The van der Waals surface area contributed by atoms with Crippen LogP contribution in [0.1, 0.15) is 19.1 Å². The van der Waals surface area contributed by atoms with Gasteiger partial charge < -0.3 is 4.52 Å². The zero-order valence-corrected chi connectivity index (χ0v) is 9.30. The van der Waals surface area contributed by atoms with E-state index in [1.54, 1.807) is 6.20 Å². The average Bonchev–Trinajstić information content (AvgIpc) is 2.71. The molecule has 0 spiro atoms. The van der Waals surface area contributed by atoms with Crippen LogP contribution in [0.15, 0.2) is 16.8 Å². The summed E-state index contributed by atoms with van der Waals surface area (Å²) < 4.78 is 5.11. The summed E-state index contributed by atoms with van der Waals surface area (Å²) in [6.45, 7) is 5.52. The van der Waals surface area contributed by atoms with E-state index in [9.17, 15) is 0 Å². The van der Waals surface area contributed by atoms with Gasteiger partial charge in [0.15, 0.2) is 5.76 Å². The topological polar surface area (TPSA) is 29.3 Å². The smallest absolute Gasteiger partial charge is 0.150 e. The molecule has 78 valence electrons. The molecule has 2 heterocycles. The van der Waals surface area contributed by atoms with Gasteiger partial charge in [-0.15, -0.1) is 0 Å². The van der Waals surface area contributed by atoms with Crippen molar-refractivity contribution < 1.29 is 4.52 Å². The van der Waals surface area contributed by atoms with E-state index in [0.29, 0.717) is 0 Å². The molecule has 1 aromatic heterocycles. The Balaban J connectivity index is 1.86. The van der Waals surface area contributed by atoms with E-state index in [1.807, 2.05) is 6.07 Å². The largest absolute Gasteiger partial charge is 0.360 e. The predicted molar refractivity (Wildman–Crippen MR) is 58.3 cm³/mol. The minimum atomic E-state index is 0.798. The van der Waals surface area contributed by atoms with Crippen molar-refractivity contribution in [2.24, 2.45) is 0 Å². The maximum absolute atomic E-state index is 5.11. The Hall–Kier alpha value is -0.480. The van der Waals surface area contributed by atoms with Crippen molar-refractivity contribution in [2.45, 2.75) is 25.1 Å². The number of thioether (sulfide) groups is 1. The third kappa shape index (κ3) is 2.51. The lowest BCUT2D eigenvalue weighted by atomic mass is 10.3. The molecule has 0 aromatic carbocycles. The van der Waals surface area contributed by atoms with Crippen molar-refractivity contribution in [1.82, 2.24) is 10.1 Å². The van der Waals surface area contributed by atoms with Gasteiger partial charge in [0.05, 0.1) is 12.7 Å². The van der Waals surface area contributed by atoms with Crippen LogP contribution in [0.2, 0.25) is 0 Å². The summed E-state index contributed by atoms with van der Waals surface area (Å²) in [6, 6.07) is 1.95. The lowest BCUT2D eigenvalue weighted by molar-refractivity contribution is 0.236. The molecule has 0 N–H and O–H groups in total. The van der Waals surface area contributed by atoms with Crippen LogP contribution in [0, 0.1) is 0 Å². The summed E-state index contributed by atoms with van der Waals surface area (Å²) in [6.07, 6.45) is 2.98. The predicted octanol–water partition coefficient (Wildman–Crippen LogP) is 2.00. The van der Waals surface area contributed by atoms with E-state index in [1.165, 1.54) is 25.3 Å².